The van der Waals surface area contributed by atoms with Gasteiger partial charge in [-0.1, -0.05) is 57.2 Å². The number of sulfonamides is 1. The van der Waals surface area contributed by atoms with Crippen LogP contribution in [0.1, 0.15) is 31.9 Å². The van der Waals surface area contributed by atoms with Gasteiger partial charge >= 0.3 is 0 Å². The van der Waals surface area contributed by atoms with E-state index in [1.807, 2.05) is 57.2 Å². The molecule has 4 N–H and O–H groups in total. The molecule has 0 saturated heterocycles. The second kappa shape index (κ2) is 11.2. The van der Waals surface area contributed by atoms with E-state index in [4.69, 9.17) is 14.5 Å². The Morgan fingerprint density at radius 3 is 2.33 bits per heavy atom. The van der Waals surface area contributed by atoms with E-state index < -0.39 is 21.2 Å². The summed E-state index contributed by atoms with van der Waals surface area (Å²) < 4.78 is 39.0. The zero-order valence-corrected chi connectivity index (χ0v) is 25.3. The van der Waals surface area contributed by atoms with Crippen LogP contribution in [0.15, 0.2) is 76.6 Å². The molecule has 1 aromatic heterocycles. The maximum absolute atomic E-state index is 12.8. The summed E-state index contributed by atoms with van der Waals surface area (Å²) in [6.07, 6.45) is 0. The number of nitrogens with zero attached hydrogens (tertiary/aromatic N) is 3. The summed E-state index contributed by atoms with van der Waals surface area (Å²) in [7, 11) is -1.27. The average molecular weight is 607 g/mol. The number of fused-ring (bicyclic) bond motifs is 1. The molecule has 43 heavy (non-hydrogen) atoms. The summed E-state index contributed by atoms with van der Waals surface area (Å²) in [4.78, 5) is 4.57. The molecule has 0 radical (unpaired) electrons. The molecule has 0 fully saturated rings. The van der Waals surface area contributed by atoms with Crippen LogP contribution in [-0.2, 0) is 16.6 Å². The van der Waals surface area contributed by atoms with Gasteiger partial charge in [-0.3, -0.25) is 4.57 Å². The second-order valence-electron chi connectivity index (χ2n) is 11.3. The highest BCUT2D eigenvalue weighted by Crippen LogP contribution is 2.49. The number of phenolic OH excluding ortho intramolecular Hbond substituents is 1. The Kier molecular flexibility index (Phi) is 7.76. The number of benzene rings is 3. The predicted molar refractivity (Wildman–Crippen MR) is 164 cm³/mol. The highest BCUT2D eigenvalue weighted by atomic mass is 32.2. The largest absolute Gasteiger partial charge is 0.504 e. The molecule has 0 unspecified atom stereocenters. The fraction of sp³-hybridized carbons (Fsp3) is 0.258. The van der Waals surface area contributed by atoms with E-state index in [9.17, 15) is 23.7 Å². The quantitative estimate of drug-likeness (QED) is 0.151. The van der Waals surface area contributed by atoms with E-state index in [0.717, 1.165) is 9.87 Å². The van der Waals surface area contributed by atoms with Crippen molar-refractivity contribution in [1.29, 1.82) is 0 Å². The standard InChI is InChI=1S/C31H34N4O7S/c1-31(2,3)28(20-14-15-22-23(16-20)42-18-41-22)33-26-25(29(37)35(30(26)38)17-19-10-7-6-8-11-19)32-21-12-9-13-24(27(21)36)43(39,40)34(4)5/h6-16,32,36-38H,17-18H2,1-5H3. The first kappa shape index (κ1) is 29.8. The van der Waals surface area contributed by atoms with Gasteiger partial charge in [-0.2, -0.15) is 0 Å². The summed E-state index contributed by atoms with van der Waals surface area (Å²) in [5, 5.41) is 36.9. The topological polar surface area (TPSA) is 146 Å². The van der Waals surface area contributed by atoms with Crippen LogP contribution in [0.25, 0.3) is 0 Å². The Balaban J connectivity index is 1.70. The molecule has 4 aromatic rings. The smallest absolute Gasteiger partial charge is 0.246 e. The van der Waals surface area contributed by atoms with Gasteiger partial charge in [-0.15, -0.1) is 0 Å². The summed E-state index contributed by atoms with van der Waals surface area (Å²) in [5.41, 5.74) is 1.50. The van der Waals surface area contributed by atoms with Crippen LogP contribution in [0.2, 0.25) is 0 Å². The van der Waals surface area contributed by atoms with Gasteiger partial charge in [0.05, 0.1) is 17.9 Å². The number of ether oxygens (including phenoxy) is 2. The van der Waals surface area contributed by atoms with Crippen molar-refractivity contribution in [3.8, 4) is 29.0 Å². The third-order valence-electron chi connectivity index (χ3n) is 6.96. The highest BCUT2D eigenvalue weighted by Gasteiger charge is 2.30. The van der Waals surface area contributed by atoms with Gasteiger partial charge < -0.3 is 30.1 Å². The minimum Gasteiger partial charge on any atom is -0.504 e. The van der Waals surface area contributed by atoms with Crippen molar-refractivity contribution in [2.45, 2.75) is 32.2 Å². The highest BCUT2D eigenvalue weighted by molar-refractivity contribution is 7.89. The van der Waals surface area contributed by atoms with Crippen LogP contribution in [0.5, 0.6) is 29.0 Å². The van der Waals surface area contributed by atoms with Crippen molar-refractivity contribution >= 4 is 32.8 Å². The lowest BCUT2D eigenvalue weighted by atomic mass is 9.85. The molecule has 0 saturated carbocycles. The molecule has 0 spiro atoms. The molecular formula is C31H34N4O7S. The van der Waals surface area contributed by atoms with Gasteiger partial charge in [0.15, 0.2) is 22.9 Å². The van der Waals surface area contributed by atoms with Crippen LogP contribution in [0, 0.1) is 5.41 Å². The Morgan fingerprint density at radius 1 is 0.953 bits per heavy atom. The molecule has 12 heteroatoms. The van der Waals surface area contributed by atoms with Crippen LogP contribution in [-0.4, -0.2) is 59.2 Å². The van der Waals surface area contributed by atoms with Crippen LogP contribution < -0.4 is 14.8 Å². The molecule has 5 rings (SSSR count). The number of hydrogen-bond acceptors (Lipinski definition) is 9. The number of para-hydroxylation sites is 1. The lowest BCUT2D eigenvalue weighted by Crippen LogP contribution is -2.22. The molecule has 0 aliphatic carbocycles. The molecule has 1 aliphatic heterocycles. The number of rotatable bonds is 8. The first-order valence-electron chi connectivity index (χ1n) is 13.5. The van der Waals surface area contributed by atoms with Gasteiger partial charge in [0.2, 0.25) is 28.6 Å². The molecule has 2 heterocycles. The van der Waals surface area contributed by atoms with Crippen LogP contribution >= 0.6 is 0 Å². The fourth-order valence-corrected chi connectivity index (χ4v) is 5.70. The van der Waals surface area contributed by atoms with E-state index in [1.54, 1.807) is 12.1 Å². The number of aliphatic imine (C=N–C) groups is 1. The lowest BCUT2D eigenvalue weighted by Gasteiger charge is -2.22. The van der Waals surface area contributed by atoms with Crippen molar-refractivity contribution in [1.82, 2.24) is 8.87 Å². The summed E-state index contributed by atoms with van der Waals surface area (Å²) >= 11 is 0. The third-order valence-corrected chi connectivity index (χ3v) is 8.81. The summed E-state index contributed by atoms with van der Waals surface area (Å²) in [5.74, 6) is -0.0721. The van der Waals surface area contributed by atoms with Gasteiger partial charge in [-0.05, 0) is 35.9 Å². The Morgan fingerprint density at radius 2 is 1.65 bits per heavy atom. The van der Waals surface area contributed by atoms with Crippen LogP contribution in [0.3, 0.4) is 0 Å². The number of hydrogen-bond donors (Lipinski definition) is 4. The Hall–Kier alpha value is -4.68. The van der Waals surface area contributed by atoms with Crippen molar-refractivity contribution in [3.63, 3.8) is 0 Å². The van der Waals surface area contributed by atoms with Gasteiger partial charge in [-0.25, -0.2) is 17.7 Å². The minimum absolute atomic E-state index is 0.00343. The molecule has 0 bridgehead atoms. The third kappa shape index (κ3) is 5.71. The average Bonchev–Trinajstić information content (AvgIpc) is 3.51. The number of nitrogens with one attached hydrogen (secondary N) is 1. The fourth-order valence-electron chi connectivity index (χ4n) is 4.70. The van der Waals surface area contributed by atoms with Gasteiger partial charge in [0.1, 0.15) is 10.6 Å². The van der Waals surface area contributed by atoms with Crippen molar-refractivity contribution < 1.29 is 33.2 Å². The van der Waals surface area contributed by atoms with Gasteiger partial charge in [0, 0.05) is 25.1 Å². The van der Waals surface area contributed by atoms with Crippen molar-refractivity contribution in [3.05, 3.63) is 77.9 Å². The van der Waals surface area contributed by atoms with E-state index >= 15 is 0 Å². The van der Waals surface area contributed by atoms with Gasteiger partial charge in [0.25, 0.3) is 0 Å². The molecular weight excluding hydrogens is 572 g/mol. The zero-order valence-electron chi connectivity index (χ0n) is 24.5. The Bertz CT molecular complexity index is 1810. The Labute approximate surface area is 250 Å². The van der Waals surface area contributed by atoms with E-state index in [-0.39, 0.29) is 47.1 Å². The molecule has 226 valence electrons. The molecule has 3 aromatic carbocycles. The molecule has 0 amide bonds. The van der Waals surface area contributed by atoms with E-state index in [0.29, 0.717) is 22.8 Å². The van der Waals surface area contributed by atoms with Crippen molar-refractivity contribution in [2.24, 2.45) is 10.4 Å². The van der Waals surface area contributed by atoms with Crippen LogP contribution in [0.4, 0.5) is 17.1 Å². The zero-order chi connectivity index (χ0) is 31.1. The number of anilines is 2. The van der Waals surface area contributed by atoms with E-state index in [2.05, 4.69) is 5.32 Å². The lowest BCUT2D eigenvalue weighted by molar-refractivity contribution is 0.174. The first-order chi connectivity index (χ1) is 20.3. The number of aromatic hydroxyl groups is 3. The molecule has 1 aliphatic rings. The number of phenols is 1. The number of aromatic nitrogens is 1. The maximum atomic E-state index is 12.8. The maximum Gasteiger partial charge on any atom is 0.246 e. The second-order valence-corrected chi connectivity index (χ2v) is 13.4. The predicted octanol–water partition coefficient (Wildman–Crippen LogP) is 5.54. The monoisotopic (exact) mass is 606 g/mol. The summed E-state index contributed by atoms with van der Waals surface area (Å²) in [6, 6.07) is 18.9. The SMILES string of the molecule is CN(C)S(=O)(=O)c1cccc(Nc2c(N=C(c3ccc4c(c3)OCO4)C(C)(C)C)c(O)n(Cc3ccccc3)c2O)c1O. The molecule has 0 atom stereocenters. The normalized spacial score (nSPS) is 13.5. The van der Waals surface area contributed by atoms with E-state index in [1.165, 1.54) is 36.9 Å². The summed E-state index contributed by atoms with van der Waals surface area (Å²) in [6.45, 7) is 6.10. The molecule has 11 nitrogen and oxygen atoms in total. The minimum atomic E-state index is -3.99. The van der Waals surface area contributed by atoms with Crippen molar-refractivity contribution in [2.75, 3.05) is 26.2 Å². The first-order valence-corrected chi connectivity index (χ1v) is 14.9.